The van der Waals surface area contributed by atoms with E-state index in [2.05, 4.69) is 22.5 Å². The molecule has 2 aliphatic rings. The van der Waals surface area contributed by atoms with Crippen LogP contribution in [0.15, 0.2) is 40.2 Å². The summed E-state index contributed by atoms with van der Waals surface area (Å²) in [4.78, 5) is 28.6. The van der Waals surface area contributed by atoms with Crippen LogP contribution in [-0.4, -0.2) is 34.6 Å². The minimum atomic E-state index is -0.237. The molecule has 4 nitrogen and oxygen atoms in total. The number of carbonyl (C=O) groups excluding carboxylic acids is 2. The average molecular weight is 395 g/mol. The molecule has 1 saturated heterocycles. The number of nitrogens with zero attached hydrogens (tertiary/aromatic N) is 2. The minimum absolute atomic E-state index is 0.188. The lowest BCUT2D eigenvalue weighted by Gasteiger charge is -2.10. The number of hydrogen-bond acceptors (Lipinski definition) is 4. The lowest BCUT2D eigenvalue weighted by atomic mass is 10.1. The first-order valence-corrected chi connectivity index (χ1v) is 8.44. The third-order valence-corrected chi connectivity index (χ3v) is 5.44. The highest BCUT2D eigenvalue weighted by Gasteiger charge is 2.40. The first kappa shape index (κ1) is 15.5. The van der Waals surface area contributed by atoms with Crippen LogP contribution in [0.3, 0.4) is 0 Å². The van der Waals surface area contributed by atoms with Crippen molar-refractivity contribution in [3.8, 4) is 0 Å². The lowest BCUT2D eigenvalue weighted by Crippen LogP contribution is -2.28. The van der Waals surface area contributed by atoms with Crippen molar-refractivity contribution < 1.29 is 9.59 Å². The van der Waals surface area contributed by atoms with E-state index in [1.165, 1.54) is 16.7 Å². The Morgan fingerprint density at radius 3 is 2.77 bits per heavy atom. The van der Waals surface area contributed by atoms with Gasteiger partial charge in [-0.05, 0) is 18.2 Å². The Morgan fingerprint density at radius 1 is 1.36 bits per heavy atom. The van der Waals surface area contributed by atoms with E-state index in [9.17, 15) is 9.59 Å². The number of fused-ring (bicyclic) bond motifs is 1. The molecule has 22 heavy (non-hydrogen) atoms. The van der Waals surface area contributed by atoms with Crippen LogP contribution in [0.1, 0.15) is 5.56 Å². The zero-order chi connectivity index (χ0) is 16.0. The van der Waals surface area contributed by atoms with Crippen molar-refractivity contribution in [1.29, 1.82) is 0 Å². The summed E-state index contributed by atoms with van der Waals surface area (Å²) >= 11 is 9.82. The van der Waals surface area contributed by atoms with Crippen molar-refractivity contribution in [2.24, 2.45) is 0 Å². The fourth-order valence-corrected chi connectivity index (χ4v) is 4.16. The number of anilines is 1. The Morgan fingerprint density at radius 2 is 2.09 bits per heavy atom. The molecule has 1 aromatic rings. The molecule has 2 amide bonds. The predicted molar refractivity (Wildman–Crippen MR) is 96.6 cm³/mol. The van der Waals surface area contributed by atoms with Gasteiger partial charge in [0.05, 0.1) is 16.2 Å². The molecule has 7 heteroatoms. The summed E-state index contributed by atoms with van der Waals surface area (Å²) in [6.45, 7) is 3.97. The molecule has 0 unspecified atom stereocenters. The zero-order valence-corrected chi connectivity index (χ0v) is 14.8. The molecule has 0 aliphatic carbocycles. The number of thiocarbonyl (C=S) groups is 1. The third kappa shape index (κ3) is 2.24. The van der Waals surface area contributed by atoms with Gasteiger partial charge in [0, 0.05) is 23.6 Å². The van der Waals surface area contributed by atoms with Crippen LogP contribution in [0.2, 0.25) is 0 Å². The number of thioether (sulfide) groups is 1. The van der Waals surface area contributed by atoms with Gasteiger partial charge in [0.15, 0.2) is 0 Å². The molecule has 1 aromatic carbocycles. The fourth-order valence-electron chi connectivity index (χ4n) is 2.45. The minimum Gasteiger partial charge on any atom is -0.311 e. The van der Waals surface area contributed by atoms with Crippen LogP contribution in [-0.2, 0) is 9.59 Å². The molecule has 3 rings (SSSR count). The molecule has 2 aliphatic heterocycles. The van der Waals surface area contributed by atoms with Crippen molar-refractivity contribution >= 4 is 67.3 Å². The largest absolute Gasteiger partial charge is 0.311 e. The Kier molecular flexibility index (Phi) is 3.96. The number of carbonyl (C=O) groups is 2. The molecule has 112 valence electrons. The molecule has 0 radical (unpaired) electrons. The van der Waals surface area contributed by atoms with Crippen molar-refractivity contribution in [3.05, 3.63) is 45.8 Å². The van der Waals surface area contributed by atoms with E-state index in [4.69, 9.17) is 12.2 Å². The van der Waals surface area contributed by atoms with E-state index in [0.29, 0.717) is 21.3 Å². The molecule has 0 bridgehead atoms. The molecule has 2 heterocycles. The van der Waals surface area contributed by atoms with E-state index in [1.807, 2.05) is 18.2 Å². The highest BCUT2D eigenvalue weighted by atomic mass is 79.9. The first-order valence-electron chi connectivity index (χ1n) is 6.42. The molecule has 0 spiro atoms. The maximum atomic E-state index is 12.6. The number of halogens is 1. The van der Waals surface area contributed by atoms with Crippen molar-refractivity contribution in [2.75, 3.05) is 18.5 Å². The second kappa shape index (κ2) is 5.64. The maximum absolute atomic E-state index is 12.6. The van der Waals surface area contributed by atoms with Gasteiger partial charge in [-0.25, -0.2) is 0 Å². The van der Waals surface area contributed by atoms with Gasteiger partial charge in [-0.1, -0.05) is 46.0 Å². The van der Waals surface area contributed by atoms with Crippen LogP contribution in [0.4, 0.5) is 5.69 Å². The predicted octanol–water partition coefficient (Wildman–Crippen LogP) is 3.18. The van der Waals surface area contributed by atoms with E-state index in [1.54, 1.807) is 18.0 Å². The van der Waals surface area contributed by atoms with Crippen molar-refractivity contribution in [3.63, 3.8) is 0 Å². The summed E-state index contributed by atoms with van der Waals surface area (Å²) in [6.07, 6.45) is 1.62. The Labute approximate surface area is 146 Å². The molecule has 0 saturated carbocycles. The number of rotatable bonds is 2. The summed E-state index contributed by atoms with van der Waals surface area (Å²) in [6, 6.07) is 5.58. The first-order chi connectivity index (χ1) is 10.5. The molecule has 0 aromatic heterocycles. The van der Waals surface area contributed by atoms with E-state index in [0.717, 1.165) is 15.7 Å². The molecular formula is C15H11BrN2O2S2. The third-order valence-electron chi connectivity index (χ3n) is 3.50. The summed E-state index contributed by atoms with van der Waals surface area (Å²) in [5.74, 6) is -0.424. The molecule has 0 atom stereocenters. The topological polar surface area (TPSA) is 40.6 Å². The summed E-state index contributed by atoms with van der Waals surface area (Å²) in [7, 11) is 1.70. The monoisotopic (exact) mass is 394 g/mol. The van der Waals surface area contributed by atoms with Gasteiger partial charge < -0.3 is 4.90 Å². The highest BCUT2D eigenvalue weighted by Crippen LogP contribution is 2.44. The highest BCUT2D eigenvalue weighted by molar-refractivity contribution is 9.10. The second-order valence-electron chi connectivity index (χ2n) is 4.80. The SMILES string of the molecule is C=CCN1C(=O)/C(=C2/C(=O)N(C)c3ccc(Br)cc32)SC1=S. The van der Waals surface area contributed by atoms with Gasteiger partial charge in [0.2, 0.25) is 0 Å². The lowest BCUT2D eigenvalue weighted by molar-refractivity contribution is -0.122. The Hall–Kier alpha value is -1.44. The van der Waals surface area contributed by atoms with Gasteiger partial charge in [-0.3, -0.25) is 14.5 Å². The molecule has 0 N–H and O–H groups in total. The Bertz CT molecular complexity index is 773. The van der Waals surface area contributed by atoms with Gasteiger partial charge in [0.1, 0.15) is 4.32 Å². The smallest absolute Gasteiger partial charge is 0.267 e. The molecule has 1 fully saturated rings. The van der Waals surface area contributed by atoms with Gasteiger partial charge in [-0.15, -0.1) is 6.58 Å². The number of benzene rings is 1. The van der Waals surface area contributed by atoms with Crippen LogP contribution >= 0.6 is 39.9 Å². The second-order valence-corrected chi connectivity index (χ2v) is 7.36. The molecular weight excluding hydrogens is 384 g/mol. The Balaban J connectivity index is 2.18. The standard InChI is InChI=1S/C15H11BrN2O2S2/c1-3-6-18-14(20)12(22-15(18)21)11-9-7-8(16)4-5-10(9)17(2)13(11)19/h3-5,7H,1,6H2,2H3/b12-11-. The van der Waals surface area contributed by atoms with E-state index in [-0.39, 0.29) is 11.8 Å². The normalized spacial score (nSPS) is 20.9. The maximum Gasteiger partial charge on any atom is 0.267 e. The fraction of sp³-hybridized carbons (Fsp3) is 0.133. The van der Waals surface area contributed by atoms with Gasteiger partial charge in [-0.2, -0.15) is 0 Å². The van der Waals surface area contributed by atoms with Gasteiger partial charge in [0.25, 0.3) is 11.8 Å². The summed E-state index contributed by atoms with van der Waals surface area (Å²) in [5.41, 5.74) is 1.96. The van der Waals surface area contributed by atoms with Crippen LogP contribution in [0.5, 0.6) is 0 Å². The number of hydrogen-bond donors (Lipinski definition) is 0. The van der Waals surface area contributed by atoms with Gasteiger partial charge >= 0.3 is 0 Å². The average Bonchev–Trinajstić information content (AvgIpc) is 2.88. The van der Waals surface area contributed by atoms with E-state index >= 15 is 0 Å². The number of amides is 2. The van der Waals surface area contributed by atoms with Crippen molar-refractivity contribution in [1.82, 2.24) is 4.90 Å². The van der Waals surface area contributed by atoms with Crippen LogP contribution in [0, 0.1) is 0 Å². The quantitative estimate of drug-likeness (QED) is 0.438. The van der Waals surface area contributed by atoms with E-state index < -0.39 is 0 Å². The summed E-state index contributed by atoms with van der Waals surface area (Å²) < 4.78 is 1.31. The van der Waals surface area contributed by atoms with Crippen LogP contribution in [0.25, 0.3) is 5.57 Å². The van der Waals surface area contributed by atoms with Crippen LogP contribution < -0.4 is 4.90 Å². The van der Waals surface area contributed by atoms with Crippen molar-refractivity contribution in [2.45, 2.75) is 0 Å². The zero-order valence-electron chi connectivity index (χ0n) is 11.6. The number of likely N-dealkylation sites (N-methyl/N-ethyl adjacent to an activating group) is 1. The summed E-state index contributed by atoms with van der Waals surface area (Å²) in [5, 5.41) is 0.